The summed E-state index contributed by atoms with van der Waals surface area (Å²) < 4.78 is 3.32. The molecule has 36 heavy (non-hydrogen) atoms. The van der Waals surface area contributed by atoms with Crippen LogP contribution in [0.15, 0.2) is 58.5 Å². The third kappa shape index (κ3) is 5.59. The fourth-order valence-corrected chi connectivity index (χ4v) is 4.59. The molecule has 10 heteroatoms. The van der Waals surface area contributed by atoms with Gasteiger partial charge in [-0.05, 0) is 58.4 Å². The van der Waals surface area contributed by atoms with Crippen molar-refractivity contribution in [3.05, 3.63) is 70.0 Å². The van der Waals surface area contributed by atoms with Gasteiger partial charge in [0.25, 0.3) is 11.5 Å². The van der Waals surface area contributed by atoms with E-state index >= 15 is 0 Å². The van der Waals surface area contributed by atoms with Gasteiger partial charge in [-0.2, -0.15) is 0 Å². The second-order valence-electron chi connectivity index (χ2n) is 9.94. The van der Waals surface area contributed by atoms with Crippen LogP contribution in [0.4, 0.5) is 0 Å². The molecule has 4 rings (SSSR count). The summed E-state index contributed by atoms with van der Waals surface area (Å²) >= 11 is 1.23. The van der Waals surface area contributed by atoms with Crippen molar-refractivity contribution in [2.24, 2.45) is 0 Å². The van der Waals surface area contributed by atoms with Gasteiger partial charge in [0.05, 0.1) is 23.2 Å². The van der Waals surface area contributed by atoms with Gasteiger partial charge in [-0.1, -0.05) is 42.1 Å². The molecule has 2 N–H and O–H groups in total. The molecule has 0 fully saturated rings. The molecular formula is C26H30N6O3S. The van der Waals surface area contributed by atoms with Crippen molar-refractivity contribution in [3.8, 4) is 0 Å². The van der Waals surface area contributed by atoms with Crippen LogP contribution in [0.5, 0.6) is 0 Å². The van der Waals surface area contributed by atoms with Crippen LogP contribution in [0.1, 0.15) is 50.5 Å². The summed E-state index contributed by atoms with van der Waals surface area (Å²) in [4.78, 5) is 38.7. The van der Waals surface area contributed by atoms with Crippen molar-refractivity contribution >= 4 is 40.3 Å². The Labute approximate surface area is 213 Å². The SMILES string of the molecule is CC(C)NC(=O)c1ccc2c(=O)n(Cc3ccccc3)c3nnc(SCC(=O)NC(C)(C)C)n3c2c1. The lowest BCUT2D eigenvalue weighted by atomic mass is 10.1. The predicted octanol–water partition coefficient (Wildman–Crippen LogP) is 3.24. The molecule has 0 bridgehead atoms. The molecule has 9 nitrogen and oxygen atoms in total. The molecule has 2 aromatic carbocycles. The Balaban J connectivity index is 1.85. The highest BCUT2D eigenvalue weighted by Crippen LogP contribution is 2.23. The number of thioether (sulfide) groups is 1. The zero-order chi connectivity index (χ0) is 26.0. The Kier molecular flexibility index (Phi) is 7.16. The maximum Gasteiger partial charge on any atom is 0.263 e. The zero-order valence-corrected chi connectivity index (χ0v) is 21.8. The van der Waals surface area contributed by atoms with Gasteiger partial charge in [-0.25, -0.2) is 0 Å². The minimum Gasteiger partial charge on any atom is -0.351 e. The Bertz CT molecular complexity index is 1490. The molecule has 0 saturated heterocycles. The van der Waals surface area contributed by atoms with Crippen LogP contribution in [0.25, 0.3) is 16.7 Å². The topological polar surface area (TPSA) is 110 Å². The van der Waals surface area contributed by atoms with E-state index in [4.69, 9.17) is 0 Å². The first-order valence-electron chi connectivity index (χ1n) is 11.7. The Morgan fingerprint density at radius 3 is 2.44 bits per heavy atom. The van der Waals surface area contributed by atoms with E-state index in [9.17, 15) is 14.4 Å². The van der Waals surface area contributed by atoms with Gasteiger partial charge >= 0.3 is 0 Å². The van der Waals surface area contributed by atoms with Crippen LogP contribution in [0, 0.1) is 0 Å². The monoisotopic (exact) mass is 506 g/mol. The predicted molar refractivity (Wildman–Crippen MR) is 142 cm³/mol. The molecule has 2 aromatic heterocycles. The van der Waals surface area contributed by atoms with E-state index in [0.29, 0.717) is 33.9 Å². The van der Waals surface area contributed by atoms with Gasteiger partial charge in [-0.3, -0.25) is 23.4 Å². The van der Waals surface area contributed by atoms with Crippen molar-refractivity contribution < 1.29 is 9.59 Å². The second-order valence-corrected chi connectivity index (χ2v) is 10.9. The molecule has 4 aromatic rings. The van der Waals surface area contributed by atoms with Crippen LogP contribution >= 0.6 is 11.8 Å². The Morgan fingerprint density at radius 1 is 1.06 bits per heavy atom. The van der Waals surface area contributed by atoms with Crippen molar-refractivity contribution in [1.82, 2.24) is 29.8 Å². The number of hydrogen-bond donors (Lipinski definition) is 2. The molecule has 0 aliphatic heterocycles. The number of nitrogens with one attached hydrogen (secondary N) is 2. The third-order valence-corrected chi connectivity index (χ3v) is 6.21. The fraction of sp³-hybridized carbons (Fsp3) is 0.346. The lowest BCUT2D eigenvalue weighted by Gasteiger charge is -2.20. The van der Waals surface area contributed by atoms with Crippen LogP contribution in [-0.2, 0) is 11.3 Å². The summed E-state index contributed by atoms with van der Waals surface area (Å²) in [5.74, 6) is 0.102. The van der Waals surface area contributed by atoms with E-state index in [0.717, 1.165) is 5.56 Å². The van der Waals surface area contributed by atoms with Gasteiger partial charge in [-0.15, -0.1) is 10.2 Å². The average molecular weight is 507 g/mol. The summed E-state index contributed by atoms with van der Waals surface area (Å²) in [5.41, 5.74) is 1.29. The molecule has 0 saturated carbocycles. The smallest absolute Gasteiger partial charge is 0.263 e. The molecule has 0 atom stereocenters. The zero-order valence-electron chi connectivity index (χ0n) is 21.0. The number of carbonyl (C=O) groups excluding carboxylic acids is 2. The van der Waals surface area contributed by atoms with E-state index in [1.165, 1.54) is 11.8 Å². The van der Waals surface area contributed by atoms with Gasteiger partial charge in [0, 0.05) is 17.1 Å². The van der Waals surface area contributed by atoms with E-state index < -0.39 is 0 Å². The maximum absolute atomic E-state index is 13.5. The van der Waals surface area contributed by atoms with Gasteiger partial charge < -0.3 is 10.6 Å². The van der Waals surface area contributed by atoms with Crippen molar-refractivity contribution in [1.29, 1.82) is 0 Å². The molecule has 0 spiro atoms. The third-order valence-electron chi connectivity index (χ3n) is 5.28. The minimum absolute atomic E-state index is 0.0329. The molecule has 0 aliphatic carbocycles. The van der Waals surface area contributed by atoms with Crippen LogP contribution in [0.2, 0.25) is 0 Å². The number of hydrogen-bond acceptors (Lipinski definition) is 6. The van der Waals surface area contributed by atoms with Gasteiger partial charge in [0.2, 0.25) is 11.7 Å². The standard InChI is InChI=1S/C26H30N6O3S/c1-16(2)27-22(34)18-11-12-19-20(13-18)32-24(31(23(19)35)14-17-9-7-6-8-10-17)29-30-25(32)36-15-21(33)28-26(3,4)5/h6-13,16H,14-15H2,1-5H3,(H,27,34)(H,28,33). The number of amides is 2. The van der Waals surface area contributed by atoms with E-state index in [1.807, 2.05) is 65.0 Å². The Hall–Kier alpha value is -3.66. The number of carbonyl (C=O) groups is 2. The number of rotatable bonds is 7. The summed E-state index contributed by atoms with van der Waals surface area (Å²) in [6.07, 6.45) is 0. The summed E-state index contributed by atoms with van der Waals surface area (Å²) in [6, 6.07) is 14.6. The highest BCUT2D eigenvalue weighted by atomic mass is 32.2. The van der Waals surface area contributed by atoms with Crippen molar-refractivity contribution in [3.63, 3.8) is 0 Å². The lowest BCUT2D eigenvalue weighted by molar-refractivity contribution is -0.119. The first kappa shape index (κ1) is 25.4. The Morgan fingerprint density at radius 2 is 1.78 bits per heavy atom. The number of nitrogens with zero attached hydrogens (tertiary/aromatic N) is 4. The van der Waals surface area contributed by atoms with Crippen LogP contribution in [0.3, 0.4) is 0 Å². The summed E-state index contributed by atoms with van der Waals surface area (Å²) in [5, 5.41) is 15.3. The molecular weight excluding hydrogens is 476 g/mol. The first-order chi connectivity index (χ1) is 17.0. The quantitative estimate of drug-likeness (QED) is 0.373. The van der Waals surface area contributed by atoms with Gasteiger partial charge in [0.1, 0.15) is 0 Å². The van der Waals surface area contributed by atoms with E-state index in [2.05, 4.69) is 20.8 Å². The summed E-state index contributed by atoms with van der Waals surface area (Å²) in [7, 11) is 0. The highest BCUT2D eigenvalue weighted by Gasteiger charge is 2.21. The lowest BCUT2D eigenvalue weighted by Crippen LogP contribution is -2.41. The highest BCUT2D eigenvalue weighted by molar-refractivity contribution is 7.99. The number of aromatic nitrogens is 4. The normalized spacial score (nSPS) is 11.8. The molecule has 2 amide bonds. The van der Waals surface area contributed by atoms with E-state index in [-0.39, 0.29) is 34.7 Å². The van der Waals surface area contributed by atoms with Crippen molar-refractivity contribution in [2.75, 3.05) is 5.75 Å². The van der Waals surface area contributed by atoms with Gasteiger partial charge in [0.15, 0.2) is 5.16 Å². The number of fused-ring (bicyclic) bond motifs is 3. The largest absolute Gasteiger partial charge is 0.351 e. The molecule has 2 heterocycles. The number of benzene rings is 2. The molecule has 0 radical (unpaired) electrons. The first-order valence-corrected chi connectivity index (χ1v) is 12.7. The fourth-order valence-electron chi connectivity index (χ4n) is 3.85. The molecule has 188 valence electrons. The van der Waals surface area contributed by atoms with Crippen LogP contribution < -0.4 is 16.2 Å². The summed E-state index contributed by atoms with van der Waals surface area (Å²) in [6.45, 7) is 9.83. The average Bonchev–Trinajstić information content (AvgIpc) is 3.23. The van der Waals surface area contributed by atoms with Crippen molar-refractivity contribution in [2.45, 2.75) is 57.9 Å². The second kappa shape index (κ2) is 10.1. The van der Waals surface area contributed by atoms with E-state index in [1.54, 1.807) is 27.2 Å². The minimum atomic E-state index is -0.355. The molecule has 0 aliphatic rings. The molecule has 0 unspecified atom stereocenters. The maximum atomic E-state index is 13.5. The van der Waals surface area contributed by atoms with Crippen LogP contribution in [-0.4, -0.2) is 48.3 Å².